The summed E-state index contributed by atoms with van der Waals surface area (Å²) in [5, 5.41) is 3.37. The number of alkyl halides is 3. The molecule has 3 unspecified atom stereocenters. The molecule has 1 aromatic heterocycles. The first kappa shape index (κ1) is 13.7. The molecule has 2 aliphatic heterocycles. The highest BCUT2D eigenvalue weighted by Gasteiger charge is 2.44. The number of nitrogens with zero attached hydrogens (tertiary/aromatic N) is 2. The van der Waals surface area contributed by atoms with Crippen molar-refractivity contribution in [3.63, 3.8) is 0 Å². The lowest BCUT2D eigenvalue weighted by Crippen LogP contribution is -2.35. The normalized spacial score (nSPS) is 29.8. The van der Waals surface area contributed by atoms with Gasteiger partial charge in [-0.25, -0.2) is 4.98 Å². The molecule has 20 heavy (non-hydrogen) atoms. The van der Waals surface area contributed by atoms with Crippen LogP contribution in [0.25, 0.3) is 0 Å². The fraction of sp³-hybridized carbons (Fsp3) is 0.643. The molecule has 0 bridgehead atoms. The molecular weight excluding hydrogens is 267 g/mol. The minimum Gasteiger partial charge on any atom is -0.353 e. The van der Waals surface area contributed by atoms with Crippen molar-refractivity contribution >= 4 is 5.82 Å². The van der Waals surface area contributed by atoms with Crippen LogP contribution in [0.4, 0.5) is 19.0 Å². The zero-order chi connectivity index (χ0) is 14.3. The van der Waals surface area contributed by atoms with Crippen LogP contribution in [0.5, 0.6) is 0 Å². The molecule has 0 amide bonds. The number of rotatable bonds is 2. The van der Waals surface area contributed by atoms with Crippen LogP contribution >= 0.6 is 0 Å². The highest BCUT2D eigenvalue weighted by atomic mass is 19.4. The molecule has 3 rings (SSSR count). The molecule has 3 nitrogen and oxygen atoms in total. The third-order valence-corrected chi connectivity index (χ3v) is 4.46. The van der Waals surface area contributed by atoms with Crippen LogP contribution in [-0.2, 0) is 6.18 Å². The molecule has 0 saturated carbocycles. The lowest BCUT2D eigenvalue weighted by atomic mass is 9.93. The monoisotopic (exact) mass is 285 g/mol. The molecule has 110 valence electrons. The topological polar surface area (TPSA) is 28.2 Å². The summed E-state index contributed by atoms with van der Waals surface area (Å²) in [5.41, 5.74) is -0.806. The van der Waals surface area contributed by atoms with E-state index >= 15 is 0 Å². The van der Waals surface area contributed by atoms with Gasteiger partial charge in [-0.15, -0.1) is 0 Å². The molecule has 0 aliphatic carbocycles. The first-order valence-corrected chi connectivity index (χ1v) is 7.02. The van der Waals surface area contributed by atoms with Gasteiger partial charge in [-0.1, -0.05) is 13.0 Å². The Morgan fingerprint density at radius 1 is 1.35 bits per heavy atom. The number of hydrogen-bond donors (Lipinski definition) is 1. The Morgan fingerprint density at radius 2 is 2.15 bits per heavy atom. The molecule has 2 aliphatic rings. The minimum absolute atomic E-state index is 0.283. The van der Waals surface area contributed by atoms with Gasteiger partial charge in [-0.3, -0.25) is 0 Å². The molecule has 1 aromatic rings. The third kappa shape index (κ3) is 2.26. The van der Waals surface area contributed by atoms with Crippen molar-refractivity contribution in [3.8, 4) is 0 Å². The summed E-state index contributed by atoms with van der Waals surface area (Å²) in [5.74, 6) is 1.51. The fourth-order valence-electron chi connectivity index (χ4n) is 3.55. The van der Waals surface area contributed by atoms with Crippen LogP contribution in [0.15, 0.2) is 18.2 Å². The smallest absolute Gasteiger partial charge is 0.353 e. The van der Waals surface area contributed by atoms with E-state index in [9.17, 15) is 13.2 Å². The maximum Gasteiger partial charge on any atom is 0.433 e. The summed E-state index contributed by atoms with van der Waals surface area (Å²) < 4.78 is 38.3. The Kier molecular flexibility index (Phi) is 3.36. The number of pyridine rings is 1. The van der Waals surface area contributed by atoms with E-state index < -0.39 is 11.9 Å². The van der Waals surface area contributed by atoms with Crippen molar-refractivity contribution < 1.29 is 13.2 Å². The lowest BCUT2D eigenvalue weighted by Gasteiger charge is -2.28. The molecule has 1 N–H and O–H groups in total. The van der Waals surface area contributed by atoms with Crippen molar-refractivity contribution in [2.24, 2.45) is 11.8 Å². The maximum absolute atomic E-state index is 12.8. The van der Waals surface area contributed by atoms with Crippen molar-refractivity contribution in [2.75, 3.05) is 24.5 Å². The molecule has 2 saturated heterocycles. The van der Waals surface area contributed by atoms with Gasteiger partial charge < -0.3 is 10.2 Å². The summed E-state index contributed by atoms with van der Waals surface area (Å²) in [6.07, 6.45) is -3.45. The standard InChI is InChI=1S/C14H18F3N3/c1-2-11-10-7-18-6-9(10)8-20(11)13-5-3-4-12(19-13)14(15,16)17/h3-5,9-11,18H,2,6-8H2,1H3. The second-order valence-corrected chi connectivity index (χ2v) is 5.59. The summed E-state index contributed by atoms with van der Waals surface area (Å²) in [4.78, 5) is 5.89. The largest absolute Gasteiger partial charge is 0.433 e. The highest BCUT2D eigenvalue weighted by molar-refractivity contribution is 5.43. The molecule has 3 heterocycles. The number of hydrogen-bond acceptors (Lipinski definition) is 3. The van der Waals surface area contributed by atoms with Crippen molar-refractivity contribution in [3.05, 3.63) is 23.9 Å². The Hall–Kier alpha value is -1.30. The second-order valence-electron chi connectivity index (χ2n) is 5.59. The van der Waals surface area contributed by atoms with Crippen LogP contribution in [0.3, 0.4) is 0 Å². The lowest BCUT2D eigenvalue weighted by molar-refractivity contribution is -0.141. The maximum atomic E-state index is 12.8. The van der Waals surface area contributed by atoms with E-state index in [2.05, 4.69) is 22.1 Å². The van der Waals surface area contributed by atoms with Gasteiger partial charge in [0, 0.05) is 25.7 Å². The zero-order valence-electron chi connectivity index (χ0n) is 11.3. The number of halogens is 3. The number of aromatic nitrogens is 1. The van der Waals surface area contributed by atoms with Crippen LogP contribution in [0.2, 0.25) is 0 Å². The van der Waals surface area contributed by atoms with Crippen LogP contribution in [0, 0.1) is 11.8 Å². The van der Waals surface area contributed by atoms with Gasteiger partial charge in [-0.2, -0.15) is 13.2 Å². The van der Waals surface area contributed by atoms with Gasteiger partial charge in [0.15, 0.2) is 0 Å². The number of fused-ring (bicyclic) bond motifs is 1. The van der Waals surface area contributed by atoms with E-state index in [0.29, 0.717) is 17.7 Å². The van der Waals surface area contributed by atoms with E-state index in [1.165, 1.54) is 6.07 Å². The van der Waals surface area contributed by atoms with Gasteiger partial charge in [0.05, 0.1) is 0 Å². The average Bonchev–Trinajstić information content (AvgIpc) is 2.97. The molecule has 0 spiro atoms. The van der Waals surface area contributed by atoms with Gasteiger partial charge in [0.25, 0.3) is 0 Å². The van der Waals surface area contributed by atoms with E-state index in [1.54, 1.807) is 6.07 Å². The summed E-state index contributed by atoms with van der Waals surface area (Å²) in [6.45, 7) is 4.80. The van der Waals surface area contributed by atoms with Gasteiger partial charge in [-0.05, 0) is 30.4 Å². The van der Waals surface area contributed by atoms with Crippen LogP contribution in [-0.4, -0.2) is 30.7 Å². The van der Waals surface area contributed by atoms with Gasteiger partial charge in [0.2, 0.25) is 0 Å². The Bertz CT molecular complexity index is 489. The van der Waals surface area contributed by atoms with Crippen molar-refractivity contribution in [2.45, 2.75) is 25.6 Å². The van der Waals surface area contributed by atoms with E-state index in [1.807, 2.05) is 0 Å². The fourth-order valence-corrected chi connectivity index (χ4v) is 3.55. The third-order valence-electron chi connectivity index (χ3n) is 4.46. The number of nitrogens with one attached hydrogen (secondary N) is 1. The Morgan fingerprint density at radius 3 is 2.85 bits per heavy atom. The number of anilines is 1. The highest BCUT2D eigenvalue weighted by Crippen LogP contribution is 2.37. The first-order valence-electron chi connectivity index (χ1n) is 7.02. The second kappa shape index (κ2) is 4.91. The van der Waals surface area contributed by atoms with Gasteiger partial charge >= 0.3 is 6.18 Å². The predicted molar refractivity (Wildman–Crippen MR) is 70.5 cm³/mol. The minimum atomic E-state index is -4.38. The molecular formula is C14H18F3N3. The van der Waals surface area contributed by atoms with Crippen LogP contribution in [0.1, 0.15) is 19.0 Å². The van der Waals surface area contributed by atoms with Gasteiger partial charge in [0.1, 0.15) is 11.5 Å². The quantitative estimate of drug-likeness (QED) is 0.905. The predicted octanol–water partition coefficient (Wildman–Crippen LogP) is 2.53. The van der Waals surface area contributed by atoms with Crippen LogP contribution < -0.4 is 10.2 Å². The van der Waals surface area contributed by atoms with E-state index in [-0.39, 0.29) is 6.04 Å². The SMILES string of the molecule is CCC1C2CNCC2CN1c1cccc(C(F)(F)F)n1. The zero-order valence-corrected chi connectivity index (χ0v) is 11.3. The first-order chi connectivity index (χ1) is 9.50. The van der Waals surface area contributed by atoms with E-state index in [0.717, 1.165) is 32.1 Å². The molecule has 3 atom stereocenters. The van der Waals surface area contributed by atoms with Crippen molar-refractivity contribution in [1.29, 1.82) is 0 Å². The summed E-state index contributed by atoms with van der Waals surface area (Å²) >= 11 is 0. The van der Waals surface area contributed by atoms with E-state index in [4.69, 9.17) is 0 Å². The Labute approximate surface area is 116 Å². The molecule has 0 aromatic carbocycles. The van der Waals surface area contributed by atoms with Crippen molar-refractivity contribution in [1.82, 2.24) is 10.3 Å². The summed E-state index contributed by atoms with van der Waals surface area (Å²) in [7, 11) is 0. The summed E-state index contributed by atoms with van der Waals surface area (Å²) in [6, 6.07) is 4.45. The molecule has 0 radical (unpaired) electrons. The molecule has 6 heteroatoms. The Balaban J connectivity index is 1.89. The molecule has 2 fully saturated rings. The average molecular weight is 285 g/mol.